The molecule has 0 saturated carbocycles. The molecule has 0 aliphatic rings. The zero-order valence-corrected chi connectivity index (χ0v) is 15.9. The first-order valence-corrected chi connectivity index (χ1v) is 9.73. The molecule has 0 saturated heterocycles. The van der Waals surface area contributed by atoms with E-state index in [1.807, 2.05) is 41.8 Å². The van der Waals surface area contributed by atoms with Crippen molar-refractivity contribution in [3.8, 4) is 5.75 Å². The van der Waals surface area contributed by atoms with E-state index in [1.54, 1.807) is 12.3 Å². The number of amides is 1. The van der Waals surface area contributed by atoms with E-state index in [9.17, 15) is 4.79 Å². The molecule has 4 rings (SSSR count). The highest BCUT2D eigenvalue weighted by Crippen LogP contribution is 2.19. The Morgan fingerprint density at radius 3 is 2.64 bits per heavy atom. The number of aromatic nitrogens is 1. The second kappa shape index (κ2) is 8.50. The number of carbonyl (C=O) groups excluding carboxylic acids is 1. The number of nitrogens with zero attached hydrogens (tertiary/aromatic N) is 1. The number of ether oxygens (including phenoxy) is 1. The summed E-state index contributed by atoms with van der Waals surface area (Å²) in [6.07, 6.45) is 4.91. The van der Waals surface area contributed by atoms with Crippen molar-refractivity contribution in [1.82, 2.24) is 4.98 Å². The van der Waals surface area contributed by atoms with Gasteiger partial charge in [0.15, 0.2) is 5.13 Å². The molecule has 0 aliphatic heterocycles. The van der Waals surface area contributed by atoms with Gasteiger partial charge >= 0.3 is 0 Å². The quantitative estimate of drug-likeness (QED) is 0.444. The van der Waals surface area contributed by atoms with Gasteiger partial charge in [-0.05, 0) is 46.2 Å². The molecule has 1 amide bonds. The Labute approximate surface area is 167 Å². The fourth-order valence-electron chi connectivity index (χ4n) is 2.77. The van der Waals surface area contributed by atoms with Crippen molar-refractivity contribution in [3.63, 3.8) is 0 Å². The summed E-state index contributed by atoms with van der Waals surface area (Å²) in [5.74, 6) is 0.587. The molecular formula is C23H18N2O2S. The van der Waals surface area contributed by atoms with Crippen LogP contribution in [0.4, 0.5) is 5.13 Å². The summed E-state index contributed by atoms with van der Waals surface area (Å²) in [5.41, 5.74) is 2.05. The Hall–Kier alpha value is -3.44. The van der Waals surface area contributed by atoms with Crippen molar-refractivity contribution in [1.29, 1.82) is 0 Å². The van der Waals surface area contributed by atoms with Crippen LogP contribution in [0, 0.1) is 0 Å². The molecule has 4 aromatic rings. The summed E-state index contributed by atoms with van der Waals surface area (Å²) in [7, 11) is 0. The van der Waals surface area contributed by atoms with E-state index in [4.69, 9.17) is 4.74 Å². The van der Waals surface area contributed by atoms with Gasteiger partial charge in [-0.3, -0.25) is 10.1 Å². The zero-order chi connectivity index (χ0) is 19.2. The van der Waals surface area contributed by atoms with E-state index in [0.29, 0.717) is 11.7 Å². The lowest BCUT2D eigenvalue weighted by Crippen LogP contribution is -2.06. The Balaban J connectivity index is 1.33. The summed E-state index contributed by atoms with van der Waals surface area (Å²) in [4.78, 5) is 15.9. The molecule has 0 fully saturated rings. The molecule has 1 heterocycles. The van der Waals surface area contributed by atoms with Crippen LogP contribution in [0.5, 0.6) is 5.75 Å². The monoisotopic (exact) mass is 386 g/mol. The van der Waals surface area contributed by atoms with Crippen molar-refractivity contribution in [2.75, 3.05) is 5.32 Å². The van der Waals surface area contributed by atoms with Crippen LogP contribution in [0.1, 0.15) is 11.1 Å². The fourth-order valence-corrected chi connectivity index (χ4v) is 3.31. The van der Waals surface area contributed by atoms with Crippen LogP contribution in [0.3, 0.4) is 0 Å². The van der Waals surface area contributed by atoms with E-state index in [2.05, 4.69) is 40.6 Å². The average molecular weight is 386 g/mol. The smallest absolute Gasteiger partial charge is 0.250 e. The Bertz CT molecular complexity index is 1100. The van der Waals surface area contributed by atoms with Crippen LogP contribution in [0.2, 0.25) is 0 Å². The third-order valence-corrected chi connectivity index (χ3v) is 4.88. The topological polar surface area (TPSA) is 51.2 Å². The maximum atomic E-state index is 11.8. The molecule has 0 unspecified atom stereocenters. The van der Waals surface area contributed by atoms with E-state index in [0.717, 1.165) is 16.9 Å². The predicted molar refractivity (Wildman–Crippen MR) is 114 cm³/mol. The molecule has 138 valence electrons. The fraction of sp³-hybridized carbons (Fsp3) is 0.0435. The number of carbonyl (C=O) groups is 1. The predicted octanol–water partition coefficient (Wildman–Crippen LogP) is 5.53. The molecule has 0 spiro atoms. The number of fused-ring (bicyclic) bond motifs is 1. The average Bonchev–Trinajstić information content (AvgIpc) is 3.24. The third kappa shape index (κ3) is 4.64. The minimum Gasteiger partial charge on any atom is -0.489 e. The number of anilines is 1. The molecule has 28 heavy (non-hydrogen) atoms. The lowest BCUT2D eigenvalue weighted by molar-refractivity contribution is -0.111. The number of hydrogen-bond donors (Lipinski definition) is 1. The highest BCUT2D eigenvalue weighted by atomic mass is 32.1. The highest BCUT2D eigenvalue weighted by molar-refractivity contribution is 7.13. The van der Waals surface area contributed by atoms with E-state index < -0.39 is 0 Å². The lowest BCUT2D eigenvalue weighted by atomic mass is 10.1. The van der Waals surface area contributed by atoms with Gasteiger partial charge in [0.2, 0.25) is 5.91 Å². The van der Waals surface area contributed by atoms with Crippen molar-refractivity contribution in [3.05, 3.63) is 95.5 Å². The molecule has 1 N–H and O–H groups in total. The minimum atomic E-state index is -0.202. The first-order chi connectivity index (χ1) is 13.8. The number of thiazole rings is 1. The first-order valence-electron chi connectivity index (χ1n) is 8.85. The molecule has 0 aliphatic carbocycles. The molecule has 0 bridgehead atoms. The Morgan fingerprint density at radius 2 is 1.86 bits per heavy atom. The molecule has 1 aromatic heterocycles. The third-order valence-electron chi connectivity index (χ3n) is 4.19. The zero-order valence-electron chi connectivity index (χ0n) is 15.0. The minimum absolute atomic E-state index is 0.202. The number of benzene rings is 3. The second-order valence-electron chi connectivity index (χ2n) is 6.20. The lowest BCUT2D eigenvalue weighted by Gasteiger charge is -2.08. The maximum absolute atomic E-state index is 11.8. The van der Waals surface area contributed by atoms with Gasteiger partial charge in [-0.1, -0.05) is 48.5 Å². The van der Waals surface area contributed by atoms with Crippen molar-refractivity contribution >= 4 is 39.2 Å². The van der Waals surface area contributed by atoms with Gasteiger partial charge in [0.1, 0.15) is 12.4 Å². The van der Waals surface area contributed by atoms with Gasteiger partial charge in [-0.25, -0.2) is 4.98 Å². The number of hydrogen-bond acceptors (Lipinski definition) is 4. The summed E-state index contributed by atoms with van der Waals surface area (Å²) < 4.78 is 5.88. The van der Waals surface area contributed by atoms with Crippen LogP contribution >= 0.6 is 11.3 Å². The summed E-state index contributed by atoms with van der Waals surface area (Å²) in [5, 5.41) is 7.55. The standard InChI is InChI=1S/C23H18N2O2S/c26-22(25-23-24-13-14-28-23)12-8-17-6-10-21(11-7-17)27-16-18-5-9-19-3-1-2-4-20(19)15-18/h1-15H,16H2,(H,24,25,26)/b12-8+. The molecular weight excluding hydrogens is 368 g/mol. The molecule has 0 atom stereocenters. The van der Waals surface area contributed by atoms with Gasteiger partial charge < -0.3 is 4.74 Å². The van der Waals surface area contributed by atoms with E-state index >= 15 is 0 Å². The number of rotatable bonds is 6. The Kier molecular flexibility index (Phi) is 5.45. The number of nitrogens with one attached hydrogen (secondary N) is 1. The molecule has 3 aromatic carbocycles. The first kappa shape index (κ1) is 17.9. The summed E-state index contributed by atoms with van der Waals surface area (Å²) in [6, 6.07) is 22.3. The SMILES string of the molecule is O=C(/C=C/c1ccc(OCc2ccc3ccccc3c2)cc1)Nc1nccs1. The van der Waals surface area contributed by atoms with Crippen LogP contribution < -0.4 is 10.1 Å². The van der Waals surface area contributed by atoms with Crippen molar-refractivity contribution in [2.24, 2.45) is 0 Å². The maximum Gasteiger partial charge on any atom is 0.250 e. The second-order valence-corrected chi connectivity index (χ2v) is 7.09. The van der Waals surface area contributed by atoms with Crippen molar-refractivity contribution < 1.29 is 9.53 Å². The van der Waals surface area contributed by atoms with Crippen LogP contribution in [0.15, 0.2) is 84.4 Å². The largest absolute Gasteiger partial charge is 0.489 e. The van der Waals surface area contributed by atoms with Gasteiger partial charge in [0, 0.05) is 17.7 Å². The summed E-state index contributed by atoms with van der Waals surface area (Å²) >= 11 is 1.39. The highest BCUT2D eigenvalue weighted by Gasteiger charge is 2.01. The van der Waals surface area contributed by atoms with E-state index in [1.165, 1.54) is 28.2 Å². The van der Waals surface area contributed by atoms with E-state index in [-0.39, 0.29) is 5.91 Å². The van der Waals surface area contributed by atoms with Gasteiger partial charge in [0.25, 0.3) is 0 Å². The molecule has 4 nitrogen and oxygen atoms in total. The van der Waals surface area contributed by atoms with Crippen molar-refractivity contribution in [2.45, 2.75) is 6.61 Å². The van der Waals surface area contributed by atoms with Gasteiger partial charge in [-0.2, -0.15) is 0 Å². The van der Waals surface area contributed by atoms with Gasteiger partial charge in [-0.15, -0.1) is 11.3 Å². The Morgan fingerprint density at radius 1 is 1.04 bits per heavy atom. The summed E-state index contributed by atoms with van der Waals surface area (Å²) in [6.45, 7) is 0.510. The molecule has 5 heteroatoms. The molecule has 0 radical (unpaired) electrons. The van der Waals surface area contributed by atoms with Crippen LogP contribution in [-0.2, 0) is 11.4 Å². The van der Waals surface area contributed by atoms with Gasteiger partial charge in [0.05, 0.1) is 0 Å². The van der Waals surface area contributed by atoms with Crippen LogP contribution in [0.25, 0.3) is 16.8 Å². The van der Waals surface area contributed by atoms with Crippen LogP contribution in [-0.4, -0.2) is 10.9 Å². The normalized spacial score (nSPS) is 11.0.